The maximum absolute atomic E-state index is 12.1. The number of aromatic nitrogens is 2. The second kappa shape index (κ2) is 10.1. The van der Waals surface area contributed by atoms with Gasteiger partial charge in [-0.3, -0.25) is 9.48 Å². The third kappa shape index (κ3) is 5.27. The summed E-state index contributed by atoms with van der Waals surface area (Å²) in [5.41, 5.74) is 2.91. The molecule has 2 aromatic carbocycles. The summed E-state index contributed by atoms with van der Waals surface area (Å²) in [4.78, 5) is 12.1. The lowest BCUT2D eigenvalue weighted by molar-refractivity contribution is -0.142. The van der Waals surface area contributed by atoms with Crippen LogP contribution < -0.4 is 10.2 Å². The zero-order valence-electron chi connectivity index (χ0n) is 22.6. The zero-order chi connectivity index (χ0) is 26.2. The van der Waals surface area contributed by atoms with E-state index in [1.54, 1.807) is 0 Å². The molecule has 0 bridgehead atoms. The van der Waals surface area contributed by atoms with Gasteiger partial charge in [0.1, 0.15) is 18.1 Å². The fourth-order valence-electron chi connectivity index (χ4n) is 4.86. The van der Waals surface area contributed by atoms with E-state index in [1.165, 1.54) is 19.3 Å². The van der Waals surface area contributed by atoms with Gasteiger partial charge >= 0.3 is 13.1 Å². The molecular weight excluding hydrogens is 467 g/mol. The normalized spacial score (nSPS) is 18.7. The largest absolute Gasteiger partial charge is 0.494 e. The molecule has 1 aromatic heterocycles. The summed E-state index contributed by atoms with van der Waals surface area (Å²) in [5, 5.41) is 6.03. The highest BCUT2D eigenvalue weighted by Crippen LogP contribution is 2.37. The van der Waals surface area contributed by atoms with E-state index in [1.807, 2.05) is 31.2 Å². The average Bonchev–Trinajstić information content (AvgIpc) is 3.27. The Balaban J connectivity index is 1.43. The van der Waals surface area contributed by atoms with Gasteiger partial charge in [0.15, 0.2) is 0 Å². The standard InChI is InChI=1S/C29H37BN2O5/c1-6-34-27(33)16-21-12-7-8-13-26(21)35-19-24-23-17-22(30-36-28(2,3)29(4,5)37-30)14-15-25(23)32(31-24)18-20-10-9-11-20/h7-8,12-15,17,20H,6,9-11,16,18-19H2,1-5H3. The number of para-hydroxylation sites is 1. The van der Waals surface area contributed by atoms with E-state index in [9.17, 15) is 4.79 Å². The van der Waals surface area contributed by atoms with Crippen LogP contribution in [0.3, 0.4) is 0 Å². The molecule has 2 fully saturated rings. The first-order valence-electron chi connectivity index (χ1n) is 13.4. The molecule has 1 saturated heterocycles. The van der Waals surface area contributed by atoms with Gasteiger partial charge in [-0.05, 0) is 71.0 Å². The number of rotatable bonds is 9. The lowest BCUT2D eigenvalue weighted by atomic mass is 9.78. The Morgan fingerprint density at radius 1 is 1.11 bits per heavy atom. The minimum atomic E-state index is -0.441. The van der Waals surface area contributed by atoms with Crippen LogP contribution in [-0.2, 0) is 38.4 Å². The third-order valence-corrected chi connectivity index (χ3v) is 8.01. The molecule has 1 aliphatic carbocycles. The molecule has 2 heterocycles. The summed E-state index contributed by atoms with van der Waals surface area (Å²) in [6.45, 7) is 11.6. The van der Waals surface area contributed by atoms with Crippen LogP contribution in [0.5, 0.6) is 5.75 Å². The van der Waals surface area contributed by atoms with Gasteiger partial charge in [0.05, 0.1) is 29.7 Å². The number of carbonyl (C=O) groups excluding carboxylic acids is 1. The van der Waals surface area contributed by atoms with Gasteiger partial charge in [0.2, 0.25) is 0 Å². The van der Waals surface area contributed by atoms with Gasteiger partial charge in [-0.1, -0.05) is 36.8 Å². The SMILES string of the molecule is CCOC(=O)Cc1ccccc1OCc1nn(CC2CCC2)c2ccc(B3OC(C)(C)C(C)(C)O3)cc12. The van der Waals surface area contributed by atoms with E-state index in [0.29, 0.717) is 24.9 Å². The van der Waals surface area contributed by atoms with Crippen molar-refractivity contribution >= 4 is 29.5 Å². The summed E-state index contributed by atoms with van der Waals surface area (Å²) in [6.07, 6.45) is 3.97. The van der Waals surface area contributed by atoms with Crippen molar-refractivity contribution in [1.29, 1.82) is 0 Å². The molecule has 8 heteroatoms. The molecule has 37 heavy (non-hydrogen) atoms. The molecule has 5 rings (SSSR count). The van der Waals surface area contributed by atoms with Crippen LogP contribution in [-0.4, -0.2) is 40.7 Å². The van der Waals surface area contributed by atoms with Gasteiger partial charge in [0.25, 0.3) is 0 Å². The van der Waals surface area contributed by atoms with Crippen molar-refractivity contribution in [3.05, 3.63) is 53.7 Å². The number of benzene rings is 2. The smallest absolute Gasteiger partial charge is 0.487 e. The highest BCUT2D eigenvalue weighted by Gasteiger charge is 2.51. The molecular formula is C29H37BN2O5. The molecule has 1 aliphatic heterocycles. The summed E-state index contributed by atoms with van der Waals surface area (Å²) >= 11 is 0. The number of hydrogen-bond acceptors (Lipinski definition) is 6. The van der Waals surface area contributed by atoms with Crippen LogP contribution in [0.2, 0.25) is 0 Å². The molecule has 3 aromatic rings. The van der Waals surface area contributed by atoms with E-state index in [0.717, 1.165) is 34.2 Å². The number of carbonyl (C=O) groups is 1. The minimum Gasteiger partial charge on any atom is -0.487 e. The quantitative estimate of drug-likeness (QED) is 0.308. The summed E-state index contributed by atoms with van der Waals surface area (Å²) in [6, 6.07) is 13.9. The van der Waals surface area contributed by atoms with E-state index >= 15 is 0 Å². The molecule has 0 amide bonds. The van der Waals surface area contributed by atoms with Gasteiger partial charge in [0, 0.05) is 17.5 Å². The maximum atomic E-state index is 12.1. The second-order valence-corrected chi connectivity index (χ2v) is 11.2. The number of fused-ring (bicyclic) bond motifs is 1. The molecule has 2 aliphatic rings. The zero-order valence-corrected chi connectivity index (χ0v) is 22.6. The van der Waals surface area contributed by atoms with Gasteiger partial charge in [-0.25, -0.2) is 0 Å². The molecule has 0 radical (unpaired) electrons. The highest BCUT2D eigenvalue weighted by atomic mass is 16.7. The van der Waals surface area contributed by atoms with Crippen molar-refractivity contribution in [3.63, 3.8) is 0 Å². The minimum absolute atomic E-state index is 0.174. The fourth-order valence-corrected chi connectivity index (χ4v) is 4.86. The molecule has 0 unspecified atom stereocenters. The molecule has 7 nitrogen and oxygen atoms in total. The van der Waals surface area contributed by atoms with E-state index in [4.69, 9.17) is 23.9 Å². The van der Waals surface area contributed by atoms with Crippen molar-refractivity contribution in [1.82, 2.24) is 9.78 Å². The Hall–Kier alpha value is -2.84. The van der Waals surface area contributed by atoms with Crippen LogP contribution in [0.1, 0.15) is 65.1 Å². The topological polar surface area (TPSA) is 71.8 Å². The molecule has 0 N–H and O–H groups in total. The lowest BCUT2D eigenvalue weighted by Gasteiger charge is -2.32. The van der Waals surface area contributed by atoms with Crippen LogP contribution in [0.15, 0.2) is 42.5 Å². The van der Waals surface area contributed by atoms with Crippen molar-refractivity contribution < 1.29 is 23.6 Å². The third-order valence-electron chi connectivity index (χ3n) is 8.01. The van der Waals surface area contributed by atoms with Gasteiger partial charge < -0.3 is 18.8 Å². The van der Waals surface area contributed by atoms with E-state index in [-0.39, 0.29) is 12.4 Å². The van der Waals surface area contributed by atoms with Crippen LogP contribution in [0.25, 0.3) is 10.9 Å². The first-order valence-corrected chi connectivity index (χ1v) is 13.4. The first-order chi connectivity index (χ1) is 17.7. The number of hydrogen-bond donors (Lipinski definition) is 0. The molecule has 0 atom stereocenters. The number of esters is 1. The van der Waals surface area contributed by atoms with Crippen LogP contribution >= 0.6 is 0 Å². The number of ether oxygens (including phenoxy) is 2. The average molecular weight is 504 g/mol. The predicted molar refractivity (Wildman–Crippen MR) is 144 cm³/mol. The Bertz CT molecular complexity index is 1260. The first kappa shape index (κ1) is 25.8. The maximum Gasteiger partial charge on any atom is 0.494 e. The van der Waals surface area contributed by atoms with Crippen LogP contribution in [0, 0.1) is 5.92 Å². The second-order valence-electron chi connectivity index (χ2n) is 11.2. The van der Waals surface area contributed by atoms with Crippen molar-refractivity contribution in [2.45, 2.75) is 84.7 Å². The Morgan fingerprint density at radius 3 is 2.51 bits per heavy atom. The van der Waals surface area contributed by atoms with Crippen molar-refractivity contribution in [2.75, 3.05) is 6.61 Å². The van der Waals surface area contributed by atoms with E-state index in [2.05, 4.69) is 50.6 Å². The fraction of sp³-hybridized carbons (Fsp3) is 0.517. The van der Waals surface area contributed by atoms with Crippen molar-refractivity contribution in [3.8, 4) is 5.75 Å². The Morgan fingerprint density at radius 2 is 1.84 bits per heavy atom. The van der Waals surface area contributed by atoms with Gasteiger partial charge in [-0.2, -0.15) is 5.10 Å². The Labute approximate surface area is 219 Å². The van der Waals surface area contributed by atoms with E-state index < -0.39 is 18.3 Å². The van der Waals surface area contributed by atoms with Crippen LogP contribution in [0.4, 0.5) is 0 Å². The highest BCUT2D eigenvalue weighted by molar-refractivity contribution is 6.62. The molecule has 0 spiro atoms. The molecule has 1 saturated carbocycles. The lowest BCUT2D eigenvalue weighted by Crippen LogP contribution is -2.41. The summed E-state index contributed by atoms with van der Waals surface area (Å²) < 4.78 is 26.1. The Kier molecular flexibility index (Phi) is 7.07. The summed E-state index contributed by atoms with van der Waals surface area (Å²) in [5.74, 6) is 1.07. The molecule has 196 valence electrons. The monoisotopic (exact) mass is 504 g/mol. The van der Waals surface area contributed by atoms with Crippen molar-refractivity contribution in [2.24, 2.45) is 5.92 Å². The van der Waals surface area contributed by atoms with Gasteiger partial charge in [-0.15, -0.1) is 0 Å². The predicted octanol–water partition coefficient (Wildman–Crippen LogP) is 4.82. The summed E-state index contributed by atoms with van der Waals surface area (Å²) in [7, 11) is -0.441. The number of nitrogens with zero attached hydrogens (tertiary/aromatic N) is 2.